The zero-order valence-corrected chi connectivity index (χ0v) is 16.0. The highest BCUT2D eigenvalue weighted by molar-refractivity contribution is 7.17. The van der Waals surface area contributed by atoms with E-state index in [0.29, 0.717) is 29.5 Å². The van der Waals surface area contributed by atoms with E-state index in [1.165, 1.54) is 18.4 Å². The highest BCUT2D eigenvalue weighted by atomic mass is 32.1. The van der Waals surface area contributed by atoms with Gasteiger partial charge in [-0.15, -0.1) is 11.3 Å². The van der Waals surface area contributed by atoms with Crippen LogP contribution >= 0.6 is 11.3 Å². The standard InChI is InChI=1S/C21H21NO4S/c1-3-26-18-12-19(15-7-5-4-6-8-15)27-20(18)21(24)22-13-14-9-10-16(23)17(11-14)25-2/h4-12,23H,3,13H2,1-2H3,(H,22,24). The van der Waals surface area contributed by atoms with E-state index in [9.17, 15) is 9.90 Å². The molecule has 1 aromatic heterocycles. The van der Waals surface area contributed by atoms with Crippen molar-refractivity contribution in [1.29, 1.82) is 0 Å². The average Bonchev–Trinajstić information content (AvgIpc) is 3.12. The van der Waals surface area contributed by atoms with Crippen LogP contribution in [0.15, 0.2) is 54.6 Å². The number of carbonyl (C=O) groups is 1. The number of thiophene rings is 1. The summed E-state index contributed by atoms with van der Waals surface area (Å²) in [5, 5.41) is 12.6. The summed E-state index contributed by atoms with van der Waals surface area (Å²) in [6.07, 6.45) is 0. The van der Waals surface area contributed by atoms with E-state index in [1.54, 1.807) is 18.2 Å². The predicted octanol–water partition coefficient (Wildman–Crippen LogP) is 4.46. The van der Waals surface area contributed by atoms with Gasteiger partial charge in [-0.05, 0) is 36.2 Å². The molecule has 140 valence electrons. The van der Waals surface area contributed by atoms with Crippen LogP contribution in [0.1, 0.15) is 22.2 Å². The lowest BCUT2D eigenvalue weighted by atomic mass is 10.2. The fourth-order valence-corrected chi connectivity index (χ4v) is 3.66. The lowest BCUT2D eigenvalue weighted by molar-refractivity contribution is 0.0951. The molecule has 2 aromatic carbocycles. The van der Waals surface area contributed by atoms with Gasteiger partial charge >= 0.3 is 0 Å². The first-order chi connectivity index (χ1) is 13.1. The highest BCUT2D eigenvalue weighted by Gasteiger charge is 2.18. The third kappa shape index (κ3) is 4.41. The predicted molar refractivity (Wildman–Crippen MR) is 107 cm³/mol. The van der Waals surface area contributed by atoms with Gasteiger partial charge < -0.3 is 19.9 Å². The third-order valence-electron chi connectivity index (χ3n) is 3.96. The molecule has 0 unspecified atom stereocenters. The van der Waals surface area contributed by atoms with Crippen molar-refractivity contribution in [3.8, 4) is 27.7 Å². The maximum atomic E-state index is 12.7. The molecule has 3 aromatic rings. The number of carbonyl (C=O) groups excluding carboxylic acids is 1. The molecular weight excluding hydrogens is 362 g/mol. The Bertz CT molecular complexity index is 921. The molecule has 1 amide bonds. The lowest BCUT2D eigenvalue weighted by Gasteiger charge is -2.09. The molecule has 0 saturated carbocycles. The van der Waals surface area contributed by atoms with E-state index in [1.807, 2.05) is 43.3 Å². The SMILES string of the molecule is CCOc1cc(-c2ccccc2)sc1C(=O)NCc1ccc(O)c(OC)c1. The van der Waals surface area contributed by atoms with Gasteiger partial charge in [-0.3, -0.25) is 4.79 Å². The minimum absolute atomic E-state index is 0.0666. The van der Waals surface area contributed by atoms with Crippen molar-refractivity contribution in [3.05, 3.63) is 65.0 Å². The van der Waals surface area contributed by atoms with Crippen LogP contribution in [0.5, 0.6) is 17.2 Å². The van der Waals surface area contributed by atoms with Crippen LogP contribution in [-0.4, -0.2) is 24.7 Å². The number of methoxy groups -OCH3 is 1. The second-order valence-electron chi connectivity index (χ2n) is 5.79. The molecular formula is C21H21NO4S. The average molecular weight is 383 g/mol. The van der Waals surface area contributed by atoms with Crippen molar-refractivity contribution in [3.63, 3.8) is 0 Å². The second-order valence-corrected chi connectivity index (χ2v) is 6.84. The minimum atomic E-state index is -0.197. The molecule has 6 heteroatoms. The van der Waals surface area contributed by atoms with Crippen molar-refractivity contribution < 1.29 is 19.4 Å². The number of nitrogens with one attached hydrogen (secondary N) is 1. The monoisotopic (exact) mass is 383 g/mol. The van der Waals surface area contributed by atoms with Gasteiger partial charge in [0.05, 0.1) is 13.7 Å². The molecule has 0 bridgehead atoms. The Morgan fingerprint density at radius 2 is 1.89 bits per heavy atom. The van der Waals surface area contributed by atoms with Gasteiger partial charge in [0.25, 0.3) is 5.91 Å². The normalized spacial score (nSPS) is 10.4. The summed E-state index contributed by atoms with van der Waals surface area (Å²) in [6.45, 7) is 2.70. The zero-order valence-electron chi connectivity index (χ0n) is 15.2. The van der Waals surface area contributed by atoms with Gasteiger partial charge in [0, 0.05) is 11.4 Å². The molecule has 1 heterocycles. The van der Waals surface area contributed by atoms with Crippen molar-refractivity contribution in [1.82, 2.24) is 5.32 Å². The van der Waals surface area contributed by atoms with Crippen molar-refractivity contribution in [2.45, 2.75) is 13.5 Å². The summed E-state index contributed by atoms with van der Waals surface area (Å²) in [5.74, 6) is 0.830. The molecule has 0 aliphatic heterocycles. The number of phenols is 1. The number of phenolic OH excluding ortho intramolecular Hbond substituents is 1. The molecule has 0 saturated heterocycles. The summed E-state index contributed by atoms with van der Waals surface area (Å²) in [4.78, 5) is 14.2. The molecule has 0 aliphatic carbocycles. The third-order valence-corrected chi connectivity index (χ3v) is 5.12. The van der Waals surface area contributed by atoms with Gasteiger partial charge in [-0.2, -0.15) is 0 Å². The van der Waals surface area contributed by atoms with Crippen LogP contribution < -0.4 is 14.8 Å². The Morgan fingerprint density at radius 1 is 1.11 bits per heavy atom. The summed E-state index contributed by atoms with van der Waals surface area (Å²) in [5.41, 5.74) is 1.88. The van der Waals surface area contributed by atoms with Gasteiger partial charge in [0.2, 0.25) is 0 Å². The van der Waals surface area contributed by atoms with Crippen LogP contribution in [0.25, 0.3) is 10.4 Å². The maximum Gasteiger partial charge on any atom is 0.265 e. The fraction of sp³-hybridized carbons (Fsp3) is 0.190. The first-order valence-electron chi connectivity index (χ1n) is 8.58. The molecule has 0 spiro atoms. The Hall–Kier alpha value is -2.99. The number of hydrogen-bond donors (Lipinski definition) is 2. The quantitative estimate of drug-likeness (QED) is 0.632. The largest absolute Gasteiger partial charge is 0.504 e. The molecule has 0 aliphatic rings. The van der Waals surface area contributed by atoms with E-state index in [4.69, 9.17) is 9.47 Å². The molecule has 0 fully saturated rings. The van der Waals surface area contributed by atoms with E-state index in [0.717, 1.165) is 16.0 Å². The second kappa shape index (κ2) is 8.60. The van der Waals surface area contributed by atoms with Gasteiger partial charge in [-0.1, -0.05) is 36.4 Å². The van der Waals surface area contributed by atoms with Gasteiger partial charge in [0.15, 0.2) is 11.5 Å². The van der Waals surface area contributed by atoms with Crippen molar-refractivity contribution >= 4 is 17.2 Å². The Kier molecular flexibility index (Phi) is 5.98. The number of hydrogen-bond acceptors (Lipinski definition) is 5. The topological polar surface area (TPSA) is 67.8 Å². The molecule has 0 radical (unpaired) electrons. The Morgan fingerprint density at radius 3 is 2.59 bits per heavy atom. The molecule has 0 atom stereocenters. The Balaban J connectivity index is 1.78. The number of benzene rings is 2. The van der Waals surface area contributed by atoms with Crippen LogP contribution in [-0.2, 0) is 6.54 Å². The van der Waals surface area contributed by atoms with Gasteiger partial charge in [0.1, 0.15) is 10.6 Å². The summed E-state index contributed by atoms with van der Waals surface area (Å²) in [7, 11) is 1.49. The summed E-state index contributed by atoms with van der Waals surface area (Å²) >= 11 is 1.40. The van der Waals surface area contributed by atoms with E-state index in [2.05, 4.69) is 5.32 Å². The van der Waals surface area contributed by atoms with E-state index < -0.39 is 0 Å². The van der Waals surface area contributed by atoms with Crippen LogP contribution in [0.2, 0.25) is 0 Å². The van der Waals surface area contributed by atoms with Crippen LogP contribution in [0, 0.1) is 0 Å². The Labute approximate surface area is 162 Å². The number of ether oxygens (including phenoxy) is 2. The highest BCUT2D eigenvalue weighted by Crippen LogP contribution is 2.36. The van der Waals surface area contributed by atoms with Crippen molar-refractivity contribution in [2.24, 2.45) is 0 Å². The molecule has 3 rings (SSSR count). The number of rotatable bonds is 7. The smallest absolute Gasteiger partial charge is 0.265 e. The van der Waals surface area contributed by atoms with Gasteiger partial charge in [-0.25, -0.2) is 0 Å². The summed E-state index contributed by atoms with van der Waals surface area (Å²) in [6, 6.07) is 16.8. The number of aromatic hydroxyl groups is 1. The van der Waals surface area contributed by atoms with Crippen LogP contribution in [0.3, 0.4) is 0 Å². The summed E-state index contributed by atoms with van der Waals surface area (Å²) < 4.78 is 10.8. The lowest BCUT2D eigenvalue weighted by Crippen LogP contribution is -2.22. The maximum absolute atomic E-state index is 12.7. The van der Waals surface area contributed by atoms with E-state index >= 15 is 0 Å². The van der Waals surface area contributed by atoms with Crippen LogP contribution in [0.4, 0.5) is 0 Å². The first kappa shape index (κ1) is 18.8. The first-order valence-corrected chi connectivity index (χ1v) is 9.40. The van der Waals surface area contributed by atoms with E-state index in [-0.39, 0.29) is 11.7 Å². The number of amides is 1. The molecule has 27 heavy (non-hydrogen) atoms. The van der Waals surface area contributed by atoms with Crippen molar-refractivity contribution in [2.75, 3.05) is 13.7 Å². The minimum Gasteiger partial charge on any atom is -0.504 e. The molecule has 5 nitrogen and oxygen atoms in total. The zero-order chi connectivity index (χ0) is 19.2. The fourth-order valence-electron chi connectivity index (χ4n) is 2.63. The molecule has 2 N–H and O–H groups in total.